The molecule has 1 N–H and O–H groups in total. The van der Waals surface area contributed by atoms with Crippen LogP contribution in [0.25, 0.3) is 10.8 Å². The second kappa shape index (κ2) is 5.99. The van der Waals surface area contributed by atoms with Gasteiger partial charge in [-0.2, -0.15) is 0 Å². The van der Waals surface area contributed by atoms with Crippen LogP contribution in [0.4, 0.5) is 0 Å². The molecule has 5 nitrogen and oxygen atoms in total. The van der Waals surface area contributed by atoms with Crippen LogP contribution in [0.3, 0.4) is 0 Å². The molecule has 0 unspecified atom stereocenters. The predicted octanol–water partition coefficient (Wildman–Crippen LogP) is 3.82. The summed E-state index contributed by atoms with van der Waals surface area (Å²) >= 11 is 0. The number of fused-ring (bicyclic) bond motifs is 1. The van der Waals surface area contributed by atoms with Crippen molar-refractivity contribution in [1.82, 2.24) is 0 Å². The molecule has 0 aromatic heterocycles. The number of rotatable bonds is 3. The molecule has 124 valence electrons. The molecule has 0 aliphatic heterocycles. The second-order valence-corrected chi connectivity index (χ2v) is 6.38. The van der Waals surface area contributed by atoms with Crippen LogP contribution in [0, 0.1) is 12.3 Å². The van der Waals surface area contributed by atoms with E-state index in [2.05, 4.69) is 0 Å². The highest BCUT2D eigenvalue weighted by Crippen LogP contribution is 2.51. The summed E-state index contributed by atoms with van der Waals surface area (Å²) in [6.07, 6.45) is 0. The van der Waals surface area contributed by atoms with E-state index in [0.29, 0.717) is 10.8 Å². The van der Waals surface area contributed by atoms with Crippen molar-refractivity contribution >= 4 is 16.7 Å². The Hall–Kier alpha value is -2.43. The molecule has 2 aromatic carbocycles. The first-order valence-corrected chi connectivity index (χ1v) is 7.30. The average Bonchev–Trinajstić information content (AvgIpc) is 2.48. The summed E-state index contributed by atoms with van der Waals surface area (Å²) < 4.78 is 16.3. The molecule has 0 aliphatic carbocycles. The van der Waals surface area contributed by atoms with Gasteiger partial charge in [-0.1, -0.05) is 18.2 Å². The van der Waals surface area contributed by atoms with Crippen LogP contribution in [-0.4, -0.2) is 25.3 Å². The Balaban J connectivity index is 2.84. The summed E-state index contributed by atoms with van der Waals surface area (Å²) in [5.74, 6) is 0.161. The van der Waals surface area contributed by atoms with Crippen molar-refractivity contribution in [3.63, 3.8) is 0 Å². The lowest BCUT2D eigenvalue weighted by Crippen LogP contribution is -2.26. The van der Waals surface area contributed by atoms with Crippen molar-refractivity contribution in [2.45, 2.75) is 27.7 Å². The van der Waals surface area contributed by atoms with E-state index >= 15 is 0 Å². The molecule has 0 amide bonds. The molecule has 5 heteroatoms. The molecule has 0 heterocycles. The number of hydrogen-bond acceptors (Lipinski definition) is 5. The van der Waals surface area contributed by atoms with Gasteiger partial charge in [-0.3, -0.25) is 4.79 Å². The topological polar surface area (TPSA) is 65.0 Å². The number of carbonyl (C=O) groups excluding carboxylic acids is 1. The SMILES string of the molecule is COc1c(OC)c(OC(=O)C(C)(C)C)c2c(C)cccc2c1O. The molecule has 0 spiro atoms. The number of benzene rings is 2. The molecule has 2 rings (SSSR count). The fraction of sp³-hybridized carbons (Fsp3) is 0.389. The molecule has 0 bridgehead atoms. The molecule has 0 radical (unpaired) electrons. The van der Waals surface area contributed by atoms with Gasteiger partial charge in [0.25, 0.3) is 0 Å². The van der Waals surface area contributed by atoms with Crippen LogP contribution in [0.15, 0.2) is 18.2 Å². The Labute approximate surface area is 135 Å². The van der Waals surface area contributed by atoms with Crippen LogP contribution in [0.5, 0.6) is 23.0 Å². The highest BCUT2D eigenvalue weighted by atomic mass is 16.6. The van der Waals surface area contributed by atoms with Gasteiger partial charge in [-0.15, -0.1) is 0 Å². The lowest BCUT2D eigenvalue weighted by Gasteiger charge is -2.21. The number of hydrogen-bond donors (Lipinski definition) is 1. The van der Waals surface area contributed by atoms with E-state index in [-0.39, 0.29) is 23.0 Å². The van der Waals surface area contributed by atoms with Gasteiger partial charge in [0, 0.05) is 10.8 Å². The van der Waals surface area contributed by atoms with E-state index in [9.17, 15) is 9.90 Å². The number of carbonyl (C=O) groups is 1. The third-order valence-electron chi connectivity index (χ3n) is 3.60. The summed E-state index contributed by atoms with van der Waals surface area (Å²) in [7, 11) is 2.87. The van der Waals surface area contributed by atoms with E-state index in [1.165, 1.54) is 14.2 Å². The van der Waals surface area contributed by atoms with Crippen LogP contribution >= 0.6 is 0 Å². The summed E-state index contributed by atoms with van der Waals surface area (Å²) in [6, 6.07) is 5.44. The lowest BCUT2D eigenvalue weighted by molar-refractivity contribution is -0.143. The van der Waals surface area contributed by atoms with Crippen LogP contribution in [0.2, 0.25) is 0 Å². The lowest BCUT2D eigenvalue weighted by atomic mass is 9.97. The van der Waals surface area contributed by atoms with Crippen molar-refractivity contribution in [2.24, 2.45) is 5.41 Å². The van der Waals surface area contributed by atoms with Gasteiger partial charge in [0.15, 0.2) is 11.5 Å². The molecular weight excluding hydrogens is 296 g/mol. The third-order valence-corrected chi connectivity index (χ3v) is 3.60. The van der Waals surface area contributed by atoms with Crippen molar-refractivity contribution in [2.75, 3.05) is 14.2 Å². The minimum absolute atomic E-state index is 0.0430. The molecule has 0 saturated heterocycles. The highest BCUT2D eigenvalue weighted by Gasteiger charge is 2.29. The van der Waals surface area contributed by atoms with Gasteiger partial charge in [-0.05, 0) is 33.3 Å². The van der Waals surface area contributed by atoms with E-state index in [4.69, 9.17) is 14.2 Å². The zero-order chi connectivity index (χ0) is 17.4. The number of ether oxygens (including phenoxy) is 3. The van der Waals surface area contributed by atoms with E-state index in [1.54, 1.807) is 26.8 Å². The minimum Gasteiger partial charge on any atom is -0.504 e. The molecule has 0 atom stereocenters. The second-order valence-electron chi connectivity index (χ2n) is 6.38. The molecule has 2 aromatic rings. The number of phenolic OH excluding ortho intramolecular Hbond substituents is 1. The first kappa shape index (κ1) is 16.9. The Kier molecular flexibility index (Phi) is 4.41. The number of esters is 1. The van der Waals surface area contributed by atoms with Crippen LogP contribution in [-0.2, 0) is 4.79 Å². The number of aromatic hydroxyl groups is 1. The highest BCUT2D eigenvalue weighted by molar-refractivity contribution is 6.01. The first-order valence-electron chi connectivity index (χ1n) is 7.30. The average molecular weight is 318 g/mol. The fourth-order valence-electron chi connectivity index (χ4n) is 2.33. The fourth-order valence-corrected chi connectivity index (χ4v) is 2.33. The van der Waals surface area contributed by atoms with Gasteiger partial charge in [-0.25, -0.2) is 0 Å². The summed E-state index contributed by atoms with van der Waals surface area (Å²) in [5, 5.41) is 11.6. The van der Waals surface area contributed by atoms with Gasteiger partial charge >= 0.3 is 5.97 Å². The Morgan fingerprint density at radius 3 is 2.17 bits per heavy atom. The van der Waals surface area contributed by atoms with Crippen LogP contribution < -0.4 is 14.2 Å². The normalized spacial score (nSPS) is 11.4. The van der Waals surface area contributed by atoms with Crippen molar-refractivity contribution in [3.8, 4) is 23.0 Å². The van der Waals surface area contributed by atoms with Gasteiger partial charge in [0.2, 0.25) is 11.5 Å². The summed E-state index contributed by atoms with van der Waals surface area (Å²) in [4.78, 5) is 12.4. The van der Waals surface area contributed by atoms with E-state index in [1.807, 2.05) is 19.1 Å². The quantitative estimate of drug-likeness (QED) is 0.688. The Morgan fingerprint density at radius 2 is 1.65 bits per heavy atom. The largest absolute Gasteiger partial charge is 0.504 e. The zero-order valence-electron chi connectivity index (χ0n) is 14.3. The maximum absolute atomic E-state index is 12.4. The maximum Gasteiger partial charge on any atom is 0.316 e. The molecular formula is C18H22O5. The smallest absolute Gasteiger partial charge is 0.316 e. The molecule has 0 saturated carbocycles. The predicted molar refractivity (Wildman–Crippen MR) is 88.5 cm³/mol. The van der Waals surface area contributed by atoms with Crippen molar-refractivity contribution in [3.05, 3.63) is 23.8 Å². The van der Waals surface area contributed by atoms with Crippen molar-refractivity contribution in [1.29, 1.82) is 0 Å². The molecule has 0 aliphatic rings. The zero-order valence-corrected chi connectivity index (χ0v) is 14.3. The number of aryl methyl sites for hydroxylation is 1. The standard InChI is InChI=1S/C18H22O5/c1-10-8-7-9-11-12(10)14(23-17(20)18(2,3)4)16(22-6)15(21-5)13(11)19/h7-9,19H,1-6H3. The minimum atomic E-state index is -0.675. The number of phenols is 1. The molecule has 0 fully saturated rings. The first-order chi connectivity index (χ1) is 10.7. The van der Waals surface area contributed by atoms with E-state index < -0.39 is 11.4 Å². The van der Waals surface area contributed by atoms with Gasteiger partial charge in [0.1, 0.15) is 0 Å². The maximum atomic E-state index is 12.4. The van der Waals surface area contributed by atoms with E-state index in [0.717, 1.165) is 5.56 Å². The Bertz CT molecular complexity index is 756. The van der Waals surface area contributed by atoms with Crippen LogP contribution in [0.1, 0.15) is 26.3 Å². The van der Waals surface area contributed by atoms with Gasteiger partial charge in [0.05, 0.1) is 19.6 Å². The van der Waals surface area contributed by atoms with Crippen molar-refractivity contribution < 1.29 is 24.1 Å². The number of methoxy groups -OCH3 is 2. The monoisotopic (exact) mass is 318 g/mol. The third kappa shape index (κ3) is 2.91. The van der Waals surface area contributed by atoms with Gasteiger partial charge < -0.3 is 19.3 Å². The summed E-state index contributed by atoms with van der Waals surface area (Å²) in [5.41, 5.74) is 0.181. The molecule has 23 heavy (non-hydrogen) atoms. The Morgan fingerprint density at radius 1 is 1.04 bits per heavy atom. The summed E-state index contributed by atoms with van der Waals surface area (Å²) in [6.45, 7) is 7.19.